The number of fused-ring (bicyclic) bond motifs is 2. The highest BCUT2D eigenvalue weighted by molar-refractivity contribution is 5.99. The third kappa shape index (κ3) is 3.84. The molecule has 0 aromatic heterocycles. The summed E-state index contributed by atoms with van der Waals surface area (Å²) in [5.41, 5.74) is -2.89. The SMILES string of the molecule is CC[C@]12C=CCOC(=O)[C@H]1[C@H]1C(=O)N([C@H](C)CO)C3C(=O)N(C(C)(C)CC(C)(C)C)CC=C[C@@]31O2. The van der Waals surface area contributed by atoms with Gasteiger partial charge in [0.05, 0.1) is 18.6 Å². The summed E-state index contributed by atoms with van der Waals surface area (Å²) in [4.78, 5) is 45.0. The Kier molecular flexibility index (Phi) is 6.24. The smallest absolute Gasteiger partial charge is 0.313 e. The standard InChI is InChI=1S/C27H40N2O6/c1-8-26-11-10-14-34-23(33)19(26)18-21(31)29(17(2)15-30)20-22(32)28(13-9-12-27(18,20)35-26)25(6,7)16-24(3,4)5/h9-12,17-20,30H,8,13-16H2,1-7H3/t17-,18+,19-,20?,26+,27+/m1/s1. The van der Waals surface area contributed by atoms with Gasteiger partial charge in [0.2, 0.25) is 11.8 Å². The number of carbonyl (C=O) groups is 3. The largest absolute Gasteiger partial charge is 0.461 e. The number of aliphatic hydroxyl groups excluding tert-OH is 1. The molecule has 4 rings (SSSR count). The molecule has 35 heavy (non-hydrogen) atoms. The van der Waals surface area contributed by atoms with Crippen molar-refractivity contribution < 1.29 is 29.0 Å². The van der Waals surface area contributed by atoms with E-state index in [9.17, 15) is 19.5 Å². The second-order valence-corrected chi connectivity index (χ2v) is 12.3. The van der Waals surface area contributed by atoms with E-state index in [0.29, 0.717) is 13.0 Å². The number of nitrogens with zero attached hydrogens (tertiary/aromatic N) is 2. The zero-order valence-corrected chi connectivity index (χ0v) is 22.0. The van der Waals surface area contributed by atoms with Crippen LogP contribution in [0.25, 0.3) is 0 Å². The molecule has 1 unspecified atom stereocenters. The molecule has 0 bridgehead atoms. The van der Waals surface area contributed by atoms with Crippen molar-refractivity contribution in [3.63, 3.8) is 0 Å². The Morgan fingerprint density at radius 2 is 1.77 bits per heavy atom. The lowest BCUT2D eigenvalue weighted by molar-refractivity contribution is -0.162. The zero-order chi connectivity index (χ0) is 26.0. The van der Waals surface area contributed by atoms with Gasteiger partial charge < -0.3 is 24.4 Å². The third-order valence-corrected chi connectivity index (χ3v) is 8.07. The number of ether oxygens (including phenoxy) is 2. The second kappa shape index (κ2) is 8.44. The number of likely N-dealkylation sites (tertiary alicyclic amines) is 1. The summed E-state index contributed by atoms with van der Waals surface area (Å²) in [6, 6.07) is -1.60. The Bertz CT molecular complexity index is 965. The van der Waals surface area contributed by atoms with Crippen LogP contribution < -0.4 is 0 Å². The highest BCUT2D eigenvalue weighted by Gasteiger charge is 2.76. The summed E-state index contributed by atoms with van der Waals surface area (Å²) in [7, 11) is 0. The van der Waals surface area contributed by atoms with Crippen molar-refractivity contribution in [2.24, 2.45) is 17.3 Å². The Balaban J connectivity index is 1.88. The zero-order valence-electron chi connectivity index (χ0n) is 22.0. The average Bonchev–Trinajstić information content (AvgIpc) is 3.03. The molecule has 0 radical (unpaired) electrons. The highest BCUT2D eigenvalue weighted by Crippen LogP contribution is 2.59. The lowest BCUT2D eigenvalue weighted by atomic mass is 9.73. The fraction of sp³-hybridized carbons (Fsp3) is 0.741. The van der Waals surface area contributed by atoms with E-state index in [2.05, 4.69) is 20.8 Å². The van der Waals surface area contributed by atoms with E-state index in [1.165, 1.54) is 4.90 Å². The van der Waals surface area contributed by atoms with Gasteiger partial charge in [0.1, 0.15) is 29.8 Å². The topological polar surface area (TPSA) is 96.4 Å². The molecular weight excluding hydrogens is 448 g/mol. The first-order valence-electron chi connectivity index (χ1n) is 12.7. The number of rotatable bonds is 5. The van der Waals surface area contributed by atoms with Gasteiger partial charge in [0.25, 0.3) is 0 Å². The summed E-state index contributed by atoms with van der Waals surface area (Å²) < 4.78 is 12.3. The summed E-state index contributed by atoms with van der Waals surface area (Å²) >= 11 is 0. The quantitative estimate of drug-likeness (QED) is 0.472. The molecule has 2 saturated heterocycles. The van der Waals surface area contributed by atoms with Crippen molar-refractivity contribution in [2.75, 3.05) is 19.8 Å². The van der Waals surface area contributed by atoms with Crippen LogP contribution in [-0.4, -0.2) is 81.3 Å². The minimum Gasteiger partial charge on any atom is -0.461 e. The number of cyclic esters (lactones) is 1. The van der Waals surface area contributed by atoms with Crippen LogP contribution in [0.2, 0.25) is 0 Å². The Labute approximate surface area is 208 Å². The Hall–Kier alpha value is -2.19. The van der Waals surface area contributed by atoms with Gasteiger partial charge in [-0.05, 0) is 45.1 Å². The van der Waals surface area contributed by atoms with E-state index in [1.807, 2.05) is 43.9 Å². The van der Waals surface area contributed by atoms with Gasteiger partial charge in [-0.1, -0.05) is 45.9 Å². The van der Waals surface area contributed by atoms with Gasteiger partial charge in [-0.15, -0.1) is 0 Å². The summed E-state index contributed by atoms with van der Waals surface area (Å²) in [6.45, 7) is 14.3. The molecule has 0 aromatic carbocycles. The molecule has 4 aliphatic rings. The molecule has 1 spiro atoms. The maximum Gasteiger partial charge on any atom is 0.313 e. The molecule has 4 aliphatic heterocycles. The van der Waals surface area contributed by atoms with Crippen LogP contribution in [0, 0.1) is 17.3 Å². The first kappa shape index (κ1) is 25.9. The Morgan fingerprint density at radius 3 is 2.37 bits per heavy atom. The fourth-order valence-corrected chi connectivity index (χ4v) is 7.04. The third-order valence-electron chi connectivity index (χ3n) is 8.07. The van der Waals surface area contributed by atoms with Crippen LogP contribution in [-0.2, 0) is 23.9 Å². The maximum atomic E-state index is 14.4. The van der Waals surface area contributed by atoms with E-state index in [4.69, 9.17) is 9.47 Å². The summed E-state index contributed by atoms with van der Waals surface area (Å²) in [5.74, 6) is -2.84. The molecule has 2 amide bonds. The number of esters is 1. The molecule has 8 nitrogen and oxygen atoms in total. The molecule has 8 heteroatoms. The molecular formula is C27H40N2O6. The van der Waals surface area contributed by atoms with Crippen molar-refractivity contribution >= 4 is 17.8 Å². The lowest BCUT2D eigenvalue weighted by Crippen LogP contribution is -2.61. The van der Waals surface area contributed by atoms with Crippen LogP contribution >= 0.6 is 0 Å². The van der Waals surface area contributed by atoms with Crippen LogP contribution in [0.4, 0.5) is 0 Å². The van der Waals surface area contributed by atoms with Crippen molar-refractivity contribution in [1.82, 2.24) is 9.80 Å². The van der Waals surface area contributed by atoms with Gasteiger partial charge in [-0.3, -0.25) is 14.4 Å². The Morgan fingerprint density at radius 1 is 1.09 bits per heavy atom. The molecule has 0 saturated carbocycles. The molecule has 194 valence electrons. The normalized spacial score (nSPS) is 35.9. The number of carbonyl (C=O) groups excluding carboxylic acids is 3. The maximum absolute atomic E-state index is 14.4. The average molecular weight is 489 g/mol. The van der Waals surface area contributed by atoms with E-state index < -0.39 is 46.6 Å². The van der Waals surface area contributed by atoms with Gasteiger partial charge in [-0.25, -0.2) is 0 Å². The minimum absolute atomic E-state index is 0.0263. The van der Waals surface area contributed by atoms with Gasteiger partial charge in [0, 0.05) is 12.1 Å². The molecule has 4 heterocycles. The lowest BCUT2D eigenvalue weighted by Gasteiger charge is -2.45. The van der Waals surface area contributed by atoms with Crippen LogP contribution in [0.1, 0.15) is 61.3 Å². The van der Waals surface area contributed by atoms with Crippen LogP contribution in [0.15, 0.2) is 24.3 Å². The monoisotopic (exact) mass is 488 g/mol. The van der Waals surface area contributed by atoms with Crippen molar-refractivity contribution in [1.29, 1.82) is 0 Å². The van der Waals surface area contributed by atoms with E-state index in [-0.39, 0.29) is 30.4 Å². The predicted octanol–water partition coefficient (Wildman–Crippen LogP) is 2.45. The van der Waals surface area contributed by atoms with E-state index in [1.54, 1.807) is 13.0 Å². The fourth-order valence-electron chi connectivity index (χ4n) is 7.04. The summed E-state index contributed by atoms with van der Waals surface area (Å²) in [6.07, 6.45) is 8.54. The first-order valence-corrected chi connectivity index (χ1v) is 12.7. The molecule has 6 atom stereocenters. The molecule has 0 aromatic rings. The van der Waals surface area contributed by atoms with Crippen molar-refractivity contribution in [2.45, 2.75) is 90.1 Å². The molecule has 1 N–H and O–H groups in total. The van der Waals surface area contributed by atoms with Crippen LogP contribution in [0.5, 0.6) is 0 Å². The predicted molar refractivity (Wildman–Crippen MR) is 130 cm³/mol. The second-order valence-electron chi connectivity index (χ2n) is 12.3. The first-order chi connectivity index (χ1) is 16.2. The number of amides is 2. The van der Waals surface area contributed by atoms with E-state index >= 15 is 0 Å². The molecule has 2 fully saturated rings. The number of hydrogen-bond donors (Lipinski definition) is 1. The molecule has 0 aliphatic carbocycles. The number of hydrogen-bond acceptors (Lipinski definition) is 6. The van der Waals surface area contributed by atoms with Crippen molar-refractivity contribution in [3.05, 3.63) is 24.3 Å². The van der Waals surface area contributed by atoms with Gasteiger partial charge in [-0.2, -0.15) is 0 Å². The van der Waals surface area contributed by atoms with Crippen LogP contribution in [0.3, 0.4) is 0 Å². The van der Waals surface area contributed by atoms with Crippen molar-refractivity contribution in [3.8, 4) is 0 Å². The highest BCUT2D eigenvalue weighted by atomic mass is 16.6. The summed E-state index contributed by atoms with van der Waals surface area (Å²) in [5, 5.41) is 10.0. The number of aliphatic hydroxyl groups is 1. The van der Waals surface area contributed by atoms with Gasteiger partial charge >= 0.3 is 5.97 Å². The van der Waals surface area contributed by atoms with Gasteiger partial charge in [0.15, 0.2) is 0 Å². The minimum atomic E-state index is -1.33. The van der Waals surface area contributed by atoms with E-state index in [0.717, 1.165) is 6.42 Å².